The summed E-state index contributed by atoms with van der Waals surface area (Å²) in [5, 5.41) is 4.22. The van der Waals surface area contributed by atoms with Crippen LogP contribution in [0.5, 0.6) is 0 Å². The van der Waals surface area contributed by atoms with Crippen LogP contribution in [0.25, 0.3) is 22.7 Å². The van der Waals surface area contributed by atoms with E-state index in [1.807, 2.05) is 48.5 Å². The van der Waals surface area contributed by atoms with Crippen LogP contribution in [-0.4, -0.2) is 26.6 Å². The summed E-state index contributed by atoms with van der Waals surface area (Å²) < 4.78 is 5.53. The van der Waals surface area contributed by atoms with E-state index in [1.54, 1.807) is 0 Å². The van der Waals surface area contributed by atoms with Crippen LogP contribution in [0.15, 0.2) is 70.0 Å². The van der Waals surface area contributed by atoms with E-state index in [-0.39, 0.29) is 5.56 Å². The lowest BCUT2D eigenvalue weighted by Gasteiger charge is -2.26. The van der Waals surface area contributed by atoms with Gasteiger partial charge in [-0.25, -0.2) is 4.98 Å². The summed E-state index contributed by atoms with van der Waals surface area (Å²) in [4.78, 5) is 22.6. The van der Waals surface area contributed by atoms with Crippen LogP contribution >= 0.6 is 0 Å². The van der Waals surface area contributed by atoms with E-state index in [1.165, 1.54) is 5.56 Å². The molecule has 5 rings (SSSR count). The topological polar surface area (TPSA) is 75.0 Å². The number of nitrogens with zero attached hydrogens (tertiary/aromatic N) is 3. The Morgan fingerprint density at radius 1 is 1.07 bits per heavy atom. The van der Waals surface area contributed by atoms with Crippen LogP contribution in [0, 0.1) is 6.92 Å². The molecular weight excluding hydrogens is 376 g/mol. The maximum Gasteiger partial charge on any atom is 0.255 e. The molecule has 0 aliphatic carbocycles. The average molecular weight is 398 g/mol. The summed E-state index contributed by atoms with van der Waals surface area (Å²) >= 11 is 0. The van der Waals surface area contributed by atoms with E-state index in [2.05, 4.69) is 34.1 Å². The molecule has 6 heteroatoms. The van der Waals surface area contributed by atoms with Crippen LogP contribution in [-0.2, 0) is 19.5 Å². The maximum absolute atomic E-state index is 12.7. The van der Waals surface area contributed by atoms with Crippen LogP contribution in [0.1, 0.15) is 22.5 Å². The third kappa shape index (κ3) is 3.69. The minimum atomic E-state index is -0.0657. The monoisotopic (exact) mass is 398 g/mol. The molecular formula is C24H22N4O2. The molecule has 0 saturated carbocycles. The Hall–Kier alpha value is -3.51. The van der Waals surface area contributed by atoms with Crippen LogP contribution in [0.4, 0.5) is 0 Å². The number of nitrogens with one attached hydrogen (secondary N) is 1. The van der Waals surface area contributed by atoms with E-state index in [0.717, 1.165) is 46.8 Å². The van der Waals surface area contributed by atoms with Gasteiger partial charge >= 0.3 is 0 Å². The van der Waals surface area contributed by atoms with Gasteiger partial charge < -0.3 is 9.51 Å². The number of rotatable bonds is 4. The van der Waals surface area contributed by atoms with E-state index in [0.29, 0.717) is 18.9 Å². The molecule has 0 amide bonds. The number of aryl methyl sites for hydroxylation is 1. The molecule has 6 nitrogen and oxygen atoms in total. The first-order valence-corrected chi connectivity index (χ1v) is 10.1. The number of H-pyrrole nitrogens is 1. The zero-order valence-corrected chi connectivity index (χ0v) is 16.8. The highest BCUT2D eigenvalue weighted by Crippen LogP contribution is 2.23. The van der Waals surface area contributed by atoms with Gasteiger partial charge in [0.1, 0.15) is 5.82 Å². The van der Waals surface area contributed by atoms with E-state index < -0.39 is 0 Å². The van der Waals surface area contributed by atoms with Crippen LogP contribution < -0.4 is 5.56 Å². The minimum Gasteiger partial charge on any atom is -0.356 e. The lowest BCUT2D eigenvalue weighted by Crippen LogP contribution is -2.35. The summed E-state index contributed by atoms with van der Waals surface area (Å²) in [5.74, 6) is 1.39. The van der Waals surface area contributed by atoms with Gasteiger partial charge in [0.05, 0.1) is 17.0 Å². The van der Waals surface area contributed by atoms with Crippen molar-refractivity contribution in [1.29, 1.82) is 0 Å². The van der Waals surface area contributed by atoms with Crippen molar-refractivity contribution in [1.82, 2.24) is 20.0 Å². The molecule has 1 aliphatic rings. The predicted octanol–water partition coefficient (Wildman–Crippen LogP) is 3.96. The van der Waals surface area contributed by atoms with Crippen LogP contribution in [0.3, 0.4) is 0 Å². The highest BCUT2D eigenvalue weighted by molar-refractivity contribution is 5.57. The summed E-state index contributed by atoms with van der Waals surface area (Å²) in [6.45, 7) is 4.07. The molecule has 4 aromatic rings. The molecule has 3 heterocycles. The van der Waals surface area contributed by atoms with Crippen molar-refractivity contribution in [2.24, 2.45) is 0 Å². The largest absolute Gasteiger partial charge is 0.356 e. The van der Waals surface area contributed by atoms with Crippen LogP contribution in [0.2, 0.25) is 0 Å². The van der Waals surface area contributed by atoms with Gasteiger partial charge in [-0.3, -0.25) is 9.69 Å². The van der Waals surface area contributed by atoms with Crippen molar-refractivity contribution >= 4 is 0 Å². The predicted molar refractivity (Wildman–Crippen MR) is 115 cm³/mol. The number of fused-ring (bicyclic) bond motifs is 1. The molecule has 0 bridgehead atoms. The number of aromatic nitrogens is 3. The third-order valence-electron chi connectivity index (χ3n) is 5.48. The molecule has 0 spiro atoms. The second kappa shape index (κ2) is 7.72. The lowest BCUT2D eigenvalue weighted by atomic mass is 10.1. The highest BCUT2D eigenvalue weighted by Gasteiger charge is 2.22. The second-order valence-electron chi connectivity index (χ2n) is 7.71. The zero-order chi connectivity index (χ0) is 20.5. The summed E-state index contributed by atoms with van der Waals surface area (Å²) in [6.07, 6.45) is 0.738. The van der Waals surface area contributed by atoms with Gasteiger partial charge in [-0.2, -0.15) is 0 Å². The fourth-order valence-electron chi connectivity index (χ4n) is 3.82. The molecule has 0 saturated heterocycles. The molecule has 0 unspecified atom stereocenters. The quantitative estimate of drug-likeness (QED) is 0.563. The smallest absolute Gasteiger partial charge is 0.255 e. The molecule has 0 fully saturated rings. The number of benzene rings is 2. The van der Waals surface area contributed by atoms with Crippen molar-refractivity contribution in [3.63, 3.8) is 0 Å². The van der Waals surface area contributed by atoms with E-state index in [4.69, 9.17) is 9.51 Å². The fraction of sp³-hybridized carbons (Fsp3) is 0.208. The molecule has 1 aliphatic heterocycles. The van der Waals surface area contributed by atoms with Gasteiger partial charge in [-0.05, 0) is 6.92 Å². The van der Waals surface area contributed by atoms with Crippen molar-refractivity contribution < 1.29 is 4.52 Å². The molecule has 2 aromatic heterocycles. The fourth-order valence-corrected chi connectivity index (χ4v) is 3.82. The second-order valence-corrected chi connectivity index (χ2v) is 7.71. The van der Waals surface area contributed by atoms with Crippen molar-refractivity contribution in [3.8, 4) is 22.7 Å². The molecule has 1 N–H and O–H groups in total. The molecule has 0 radical (unpaired) electrons. The van der Waals surface area contributed by atoms with Crippen molar-refractivity contribution in [2.75, 3.05) is 6.54 Å². The van der Waals surface area contributed by atoms with Gasteiger partial charge in [-0.15, -0.1) is 0 Å². The SMILES string of the molecule is Cc1ccc(-c2cc(CN3CCc4nc(-c5ccccc5)[nH]c(=O)c4C3)no2)cc1. The number of hydrogen-bond acceptors (Lipinski definition) is 5. The average Bonchev–Trinajstić information content (AvgIpc) is 3.23. The first-order valence-electron chi connectivity index (χ1n) is 10.1. The van der Waals surface area contributed by atoms with Gasteiger partial charge in [0.2, 0.25) is 0 Å². The lowest BCUT2D eigenvalue weighted by molar-refractivity contribution is 0.234. The van der Waals surface area contributed by atoms with E-state index >= 15 is 0 Å². The van der Waals surface area contributed by atoms with Crippen molar-refractivity contribution in [3.05, 3.63) is 93.5 Å². The Morgan fingerprint density at radius 3 is 2.67 bits per heavy atom. The van der Waals surface area contributed by atoms with Gasteiger partial charge in [0.25, 0.3) is 5.56 Å². The number of hydrogen-bond donors (Lipinski definition) is 1. The summed E-state index contributed by atoms with van der Waals surface area (Å²) in [7, 11) is 0. The molecule has 0 atom stereocenters. The minimum absolute atomic E-state index is 0.0657. The Bertz CT molecular complexity index is 1230. The van der Waals surface area contributed by atoms with Gasteiger partial charge in [0, 0.05) is 43.2 Å². The molecule has 30 heavy (non-hydrogen) atoms. The Labute approximate surface area is 174 Å². The Balaban J connectivity index is 1.33. The maximum atomic E-state index is 12.7. The van der Waals surface area contributed by atoms with Gasteiger partial charge in [0.15, 0.2) is 5.76 Å². The van der Waals surface area contributed by atoms with E-state index in [9.17, 15) is 4.79 Å². The standard InChI is InChI=1S/C24H22N4O2/c1-16-7-9-17(10-8-16)22-13-19(27-30-22)14-28-12-11-21-20(15-28)24(29)26-23(25-21)18-5-3-2-4-6-18/h2-10,13H,11-12,14-15H2,1H3,(H,25,26,29). The summed E-state index contributed by atoms with van der Waals surface area (Å²) in [6, 6.07) is 19.9. The normalized spacial score (nSPS) is 13.9. The Kier molecular flexibility index (Phi) is 4.77. The Morgan fingerprint density at radius 2 is 1.87 bits per heavy atom. The highest BCUT2D eigenvalue weighted by atomic mass is 16.5. The molecule has 2 aromatic carbocycles. The number of aromatic amines is 1. The third-order valence-corrected chi connectivity index (χ3v) is 5.48. The van der Waals surface area contributed by atoms with Crippen molar-refractivity contribution in [2.45, 2.75) is 26.4 Å². The first kappa shape index (κ1) is 18.5. The first-order chi connectivity index (χ1) is 14.7. The molecule has 150 valence electrons. The zero-order valence-electron chi connectivity index (χ0n) is 16.8. The van der Waals surface area contributed by atoms with Gasteiger partial charge in [-0.1, -0.05) is 65.3 Å². The summed E-state index contributed by atoms with van der Waals surface area (Å²) in [5.41, 5.74) is 5.56.